The quantitative estimate of drug-likeness (QED) is 0.539. The van der Waals surface area contributed by atoms with Crippen LogP contribution in [0.2, 0.25) is 0 Å². The fraction of sp³-hybridized carbons (Fsp3) is 0.600. The van der Waals surface area contributed by atoms with Gasteiger partial charge in [-0.2, -0.15) is 5.26 Å². The Morgan fingerprint density at radius 3 is 2.50 bits per heavy atom. The van der Waals surface area contributed by atoms with Crippen LogP contribution < -0.4 is 19.9 Å². The lowest BCUT2D eigenvalue weighted by Gasteiger charge is -2.30. The first kappa shape index (κ1) is 18.7. The second-order valence-corrected chi connectivity index (χ2v) is 7.72. The first-order chi connectivity index (χ1) is 12.6. The van der Waals surface area contributed by atoms with E-state index >= 15 is 0 Å². The molecule has 1 aliphatic heterocycles. The Morgan fingerprint density at radius 2 is 1.88 bits per heavy atom. The number of hydrogen-bond donors (Lipinski definition) is 3. The molecule has 1 amide bonds. The summed E-state index contributed by atoms with van der Waals surface area (Å²) < 4.78 is 5.77. The number of quaternary nitrogens is 2. The molecule has 3 rings (SSSR count). The Balaban J connectivity index is 1.33. The Bertz CT molecular complexity index is 633. The molecule has 1 aromatic carbocycles. The molecule has 6 heteroatoms. The number of piperazine rings is 1. The molecule has 3 N–H and O–H groups in total. The van der Waals surface area contributed by atoms with E-state index in [4.69, 9.17) is 4.74 Å². The van der Waals surface area contributed by atoms with Gasteiger partial charge in [-0.25, -0.2) is 0 Å². The van der Waals surface area contributed by atoms with Crippen molar-refractivity contribution in [2.24, 2.45) is 5.92 Å². The molecule has 0 bridgehead atoms. The molecule has 2 aliphatic rings. The van der Waals surface area contributed by atoms with Crippen LogP contribution in [0.5, 0.6) is 5.75 Å². The molecule has 1 aliphatic carbocycles. The van der Waals surface area contributed by atoms with Gasteiger partial charge in [-0.15, -0.1) is 0 Å². The molecule has 1 saturated carbocycles. The monoisotopic (exact) mass is 358 g/mol. The molecule has 0 radical (unpaired) electrons. The number of nitrogens with zero attached hydrogens (tertiary/aromatic N) is 1. The molecule has 1 atom stereocenters. The van der Waals surface area contributed by atoms with Crippen LogP contribution in [-0.4, -0.2) is 57.3 Å². The fourth-order valence-corrected chi connectivity index (χ4v) is 3.66. The second kappa shape index (κ2) is 8.52. The highest BCUT2D eigenvalue weighted by molar-refractivity contribution is 5.78. The Labute approximate surface area is 155 Å². The third-order valence-electron chi connectivity index (χ3n) is 5.57. The summed E-state index contributed by atoms with van der Waals surface area (Å²) in [6.07, 6.45) is 2.09. The zero-order valence-electron chi connectivity index (χ0n) is 15.6. The van der Waals surface area contributed by atoms with Crippen LogP contribution in [0.3, 0.4) is 0 Å². The molecule has 26 heavy (non-hydrogen) atoms. The number of nitrogens with one attached hydrogen (secondary N) is 3. The van der Waals surface area contributed by atoms with Gasteiger partial charge >= 0.3 is 0 Å². The third-order valence-corrected chi connectivity index (χ3v) is 5.57. The zero-order valence-corrected chi connectivity index (χ0v) is 15.6. The molecule has 2 fully saturated rings. The highest BCUT2D eigenvalue weighted by atomic mass is 16.5. The van der Waals surface area contributed by atoms with E-state index in [0.717, 1.165) is 57.9 Å². The summed E-state index contributed by atoms with van der Waals surface area (Å²) in [5.41, 5.74) is -0.682. The van der Waals surface area contributed by atoms with Crippen LogP contribution in [0.25, 0.3) is 0 Å². The fourth-order valence-electron chi connectivity index (χ4n) is 3.66. The first-order valence-electron chi connectivity index (χ1n) is 9.66. The lowest BCUT2D eigenvalue weighted by Crippen LogP contribution is -3.28. The summed E-state index contributed by atoms with van der Waals surface area (Å²) >= 11 is 0. The van der Waals surface area contributed by atoms with Crippen LogP contribution in [-0.2, 0) is 4.79 Å². The summed E-state index contributed by atoms with van der Waals surface area (Å²) in [4.78, 5) is 15.2. The van der Waals surface area contributed by atoms with Crippen LogP contribution in [0.15, 0.2) is 30.3 Å². The zero-order chi connectivity index (χ0) is 18.4. The van der Waals surface area contributed by atoms with Gasteiger partial charge < -0.3 is 19.9 Å². The number of carbonyl (C=O) groups excluding carboxylic acids is 1. The predicted octanol–water partition coefficient (Wildman–Crippen LogP) is -1.34. The third kappa shape index (κ3) is 5.20. The van der Waals surface area contributed by atoms with Crippen molar-refractivity contribution in [1.82, 2.24) is 5.32 Å². The maximum absolute atomic E-state index is 12.3. The van der Waals surface area contributed by atoms with Crippen molar-refractivity contribution < 1.29 is 19.3 Å². The highest BCUT2D eigenvalue weighted by Gasteiger charge is 2.43. The Kier molecular flexibility index (Phi) is 6.12. The average molecular weight is 358 g/mol. The smallest absolute Gasteiger partial charge is 0.276 e. The summed E-state index contributed by atoms with van der Waals surface area (Å²) in [7, 11) is 0. The van der Waals surface area contributed by atoms with Crippen LogP contribution >= 0.6 is 0 Å². The van der Waals surface area contributed by atoms with Gasteiger partial charge in [0.1, 0.15) is 50.6 Å². The number of hydrogen-bond acceptors (Lipinski definition) is 3. The Hall–Kier alpha value is -2.10. The van der Waals surface area contributed by atoms with Crippen LogP contribution in [0.1, 0.15) is 19.8 Å². The molecule has 140 valence electrons. The SMILES string of the molecule is C[C@](C#N)(NC(=O)C[NH+]1CC[NH+](CCOc2ccccc2)CC1)C1CC1. The van der Waals surface area contributed by atoms with Crippen molar-refractivity contribution in [1.29, 1.82) is 5.26 Å². The maximum atomic E-state index is 12.3. The number of ether oxygens (including phenoxy) is 1. The van der Waals surface area contributed by atoms with Crippen molar-refractivity contribution in [3.63, 3.8) is 0 Å². The predicted molar refractivity (Wildman–Crippen MR) is 97.9 cm³/mol. The Morgan fingerprint density at radius 1 is 1.23 bits per heavy atom. The van der Waals surface area contributed by atoms with E-state index in [2.05, 4.69) is 11.4 Å². The summed E-state index contributed by atoms with van der Waals surface area (Å²) in [5.74, 6) is 1.26. The topological polar surface area (TPSA) is 71.0 Å². The maximum Gasteiger partial charge on any atom is 0.276 e. The van der Waals surface area contributed by atoms with Gasteiger partial charge in [0.2, 0.25) is 0 Å². The van der Waals surface area contributed by atoms with Crippen LogP contribution in [0, 0.1) is 17.2 Å². The van der Waals surface area contributed by atoms with E-state index in [0.29, 0.717) is 12.5 Å². The van der Waals surface area contributed by atoms with Gasteiger partial charge in [0.15, 0.2) is 6.54 Å². The van der Waals surface area contributed by atoms with E-state index in [-0.39, 0.29) is 5.91 Å². The molecule has 0 spiro atoms. The normalized spacial score (nSPS) is 24.9. The lowest BCUT2D eigenvalue weighted by molar-refractivity contribution is -1.01. The molecule has 6 nitrogen and oxygen atoms in total. The van der Waals surface area contributed by atoms with E-state index in [1.807, 2.05) is 37.3 Å². The molecule has 1 heterocycles. The number of benzene rings is 1. The minimum absolute atomic E-state index is 0.00631. The molecule has 0 unspecified atom stereocenters. The van der Waals surface area contributed by atoms with Crippen molar-refractivity contribution in [3.8, 4) is 11.8 Å². The molecule has 1 saturated heterocycles. The van der Waals surface area contributed by atoms with E-state index < -0.39 is 5.54 Å². The first-order valence-corrected chi connectivity index (χ1v) is 9.66. The van der Waals surface area contributed by atoms with Gasteiger partial charge in [0.25, 0.3) is 5.91 Å². The molecular formula is C20H30N4O2+2. The van der Waals surface area contributed by atoms with Crippen molar-refractivity contribution in [3.05, 3.63) is 30.3 Å². The van der Waals surface area contributed by atoms with Crippen molar-refractivity contribution >= 4 is 5.91 Å². The summed E-state index contributed by atoms with van der Waals surface area (Å²) in [6.45, 7) is 8.11. The number of nitriles is 1. The van der Waals surface area contributed by atoms with Gasteiger partial charge in [0.05, 0.1) is 6.07 Å². The average Bonchev–Trinajstić information content (AvgIpc) is 3.50. The number of amides is 1. The van der Waals surface area contributed by atoms with Gasteiger partial charge in [0, 0.05) is 0 Å². The van der Waals surface area contributed by atoms with Crippen molar-refractivity contribution in [2.75, 3.05) is 45.9 Å². The molecule has 0 aromatic heterocycles. The minimum atomic E-state index is -0.682. The number of rotatable bonds is 8. The van der Waals surface area contributed by atoms with E-state index in [1.54, 1.807) is 0 Å². The highest BCUT2D eigenvalue weighted by Crippen LogP contribution is 2.39. The second-order valence-electron chi connectivity index (χ2n) is 7.72. The number of carbonyl (C=O) groups is 1. The van der Waals surface area contributed by atoms with Gasteiger partial charge in [-0.05, 0) is 37.8 Å². The van der Waals surface area contributed by atoms with E-state index in [1.165, 1.54) is 9.80 Å². The van der Waals surface area contributed by atoms with Crippen LogP contribution in [0.4, 0.5) is 0 Å². The van der Waals surface area contributed by atoms with Crippen molar-refractivity contribution in [2.45, 2.75) is 25.3 Å². The largest absolute Gasteiger partial charge is 0.488 e. The lowest BCUT2D eigenvalue weighted by atomic mass is 9.98. The minimum Gasteiger partial charge on any atom is -0.488 e. The molecule has 1 aromatic rings. The summed E-state index contributed by atoms with van der Waals surface area (Å²) in [6, 6.07) is 12.2. The molecular weight excluding hydrogens is 328 g/mol. The van der Waals surface area contributed by atoms with Gasteiger partial charge in [-0.1, -0.05) is 18.2 Å². The summed E-state index contributed by atoms with van der Waals surface area (Å²) in [5, 5.41) is 12.3. The number of para-hydroxylation sites is 1. The standard InChI is InChI=1S/C20H28N4O2/c1-20(16-21,17-7-8-17)22-19(25)15-24-11-9-23(10-12-24)13-14-26-18-5-3-2-4-6-18/h2-6,17H,7-15H2,1H3,(H,22,25)/p+2/t20-/m1/s1. The van der Waals surface area contributed by atoms with E-state index in [9.17, 15) is 10.1 Å². The van der Waals surface area contributed by atoms with Gasteiger partial charge in [-0.3, -0.25) is 4.79 Å².